The van der Waals surface area contributed by atoms with E-state index in [-0.39, 0.29) is 5.41 Å². The Balaban J connectivity index is 1.72. The quantitative estimate of drug-likeness (QED) is 0.851. The van der Waals surface area contributed by atoms with Crippen LogP contribution in [0.5, 0.6) is 0 Å². The van der Waals surface area contributed by atoms with E-state index in [2.05, 4.69) is 33.9 Å². The zero-order valence-corrected chi connectivity index (χ0v) is 11.3. The lowest BCUT2D eigenvalue weighted by Crippen LogP contribution is -2.46. The number of H-pyrrole nitrogens is 1. The molecule has 0 bridgehead atoms. The van der Waals surface area contributed by atoms with Crippen molar-refractivity contribution in [2.45, 2.75) is 39.0 Å². The van der Waals surface area contributed by atoms with Crippen LogP contribution in [0, 0.1) is 11.3 Å². The number of aromatic nitrogens is 3. The highest BCUT2D eigenvalue weighted by atomic mass is 15.4. The van der Waals surface area contributed by atoms with E-state index in [1.54, 1.807) is 0 Å². The van der Waals surface area contributed by atoms with Crippen LogP contribution in [0.4, 0.5) is 5.95 Å². The van der Waals surface area contributed by atoms with Crippen LogP contribution in [-0.2, 0) is 0 Å². The maximum atomic E-state index is 5.88. The first-order valence-electron chi connectivity index (χ1n) is 6.99. The highest BCUT2D eigenvalue weighted by Crippen LogP contribution is 2.45. The molecule has 2 heterocycles. The smallest absolute Gasteiger partial charge is 0.244 e. The highest BCUT2D eigenvalue weighted by molar-refractivity contribution is 5.31. The molecule has 100 valence electrons. The van der Waals surface area contributed by atoms with E-state index in [9.17, 15) is 0 Å². The molecule has 1 aromatic rings. The van der Waals surface area contributed by atoms with Gasteiger partial charge in [-0.25, -0.2) is 0 Å². The topological polar surface area (TPSA) is 70.8 Å². The Kier molecular flexibility index (Phi) is 2.81. The summed E-state index contributed by atoms with van der Waals surface area (Å²) in [5.41, 5.74) is 6.10. The Hall–Kier alpha value is -1.10. The summed E-state index contributed by atoms with van der Waals surface area (Å²) in [6.45, 7) is 7.28. The maximum absolute atomic E-state index is 5.88. The Morgan fingerprint density at radius 1 is 1.56 bits per heavy atom. The molecule has 1 saturated heterocycles. The molecule has 3 rings (SSSR count). The van der Waals surface area contributed by atoms with Gasteiger partial charge in [0.05, 0.1) is 0 Å². The van der Waals surface area contributed by atoms with Crippen molar-refractivity contribution in [2.75, 3.05) is 24.5 Å². The maximum Gasteiger partial charge on any atom is 0.244 e. The predicted molar refractivity (Wildman–Crippen MR) is 71.5 cm³/mol. The molecule has 3 unspecified atom stereocenters. The van der Waals surface area contributed by atoms with Crippen LogP contribution in [0.1, 0.15) is 44.9 Å². The Labute approximate surface area is 108 Å². The van der Waals surface area contributed by atoms with Crippen molar-refractivity contribution in [3.63, 3.8) is 0 Å². The highest BCUT2D eigenvalue weighted by Gasteiger charge is 2.38. The average molecular weight is 249 g/mol. The molecule has 1 saturated carbocycles. The van der Waals surface area contributed by atoms with Crippen LogP contribution < -0.4 is 10.6 Å². The lowest BCUT2D eigenvalue weighted by Gasteiger charge is -2.39. The summed E-state index contributed by atoms with van der Waals surface area (Å²) in [5.74, 6) is 3.30. The molecule has 0 radical (unpaired) electrons. The number of piperidine rings is 1. The molecular weight excluding hydrogens is 226 g/mol. The Morgan fingerprint density at radius 3 is 3.00 bits per heavy atom. The minimum absolute atomic E-state index is 0.214. The molecule has 1 aromatic heterocycles. The number of nitrogens with zero attached hydrogens (tertiary/aromatic N) is 3. The van der Waals surface area contributed by atoms with Gasteiger partial charge in [0, 0.05) is 19.0 Å². The average Bonchev–Trinajstić information content (AvgIpc) is 2.92. The van der Waals surface area contributed by atoms with Crippen LogP contribution in [0.3, 0.4) is 0 Å². The van der Waals surface area contributed by atoms with Crippen molar-refractivity contribution in [3.8, 4) is 0 Å². The van der Waals surface area contributed by atoms with Gasteiger partial charge in [0.1, 0.15) is 5.82 Å². The summed E-state index contributed by atoms with van der Waals surface area (Å²) in [7, 11) is 0. The van der Waals surface area contributed by atoms with Crippen molar-refractivity contribution in [2.24, 2.45) is 17.1 Å². The molecule has 0 amide bonds. The molecule has 2 fully saturated rings. The van der Waals surface area contributed by atoms with Crippen LogP contribution >= 0.6 is 0 Å². The molecule has 18 heavy (non-hydrogen) atoms. The molecule has 3 atom stereocenters. The Morgan fingerprint density at radius 2 is 2.33 bits per heavy atom. The second-order valence-corrected chi connectivity index (χ2v) is 6.38. The van der Waals surface area contributed by atoms with Crippen molar-refractivity contribution < 1.29 is 0 Å². The van der Waals surface area contributed by atoms with E-state index in [0.29, 0.717) is 5.92 Å². The van der Waals surface area contributed by atoms with Gasteiger partial charge in [-0.05, 0) is 37.1 Å². The molecule has 2 aliphatic rings. The summed E-state index contributed by atoms with van der Waals surface area (Å²) in [6, 6.07) is 0. The SMILES string of the molecule is CC1CC1c1nc(N2CCCC(C)(CN)C2)n[nH]1. The van der Waals surface area contributed by atoms with Gasteiger partial charge in [0.2, 0.25) is 5.95 Å². The number of nitrogens with two attached hydrogens (primary N) is 1. The van der Waals surface area contributed by atoms with E-state index >= 15 is 0 Å². The molecular formula is C13H23N5. The first-order chi connectivity index (χ1) is 8.61. The third kappa shape index (κ3) is 2.11. The monoisotopic (exact) mass is 249 g/mol. The number of aromatic amines is 1. The zero-order chi connectivity index (χ0) is 12.8. The Bertz CT molecular complexity index is 429. The van der Waals surface area contributed by atoms with E-state index in [4.69, 9.17) is 5.73 Å². The summed E-state index contributed by atoms with van der Waals surface area (Å²) < 4.78 is 0. The molecule has 1 aliphatic carbocycles. The van der Waals surface area contributed by atoms with E-state index < -0.39 is 0 Å². The summed E-state index contributed by atoms with van der Waals surface area (Å²) >= 11 is 0. The molecule has 5 heteroatoms. The lowest BCUT2D eigenvalue weighted by atomic mass is 9.82. The van der Waals surface area contributed by atoms with E-state index in [0.717, 1.165) is 37.3 Å². The minimum Gasteiger partial charge on any atom is -0.339 e. The summed E-state index contributed by atoms with van der Waals surface area (Å²) in [5, 5.41) is 7.49. The fraction of sp³-hybridized carbons (Fsp3) is 0.846. The van der Waals surface area contributed by atoms with Crippen molar-refractivity contribution in [1.29, 1.82) is 0 Å². The largest absolute Gasteiger partial charge is 0.339 e. The van der Waals surface area contributed by atoms with Gasteiger partial charge in [0.25, 0.3) is 0 Å². The second kappa shape index (κ2) is 4.23. The number of hydrogen-bond donors (Lipinski definition) is 2. The number of anilines is 1. The van der Waals surface area contributed by atoms with E-state index in [1.165, 1.54) is 19.3 Å². The number of nitrogens with one attached hydrogen (secondary N) is 1. The van der Waals surface area contributed by atoms with Gasteiger partial charge < -0.3 is 10.6 Å². The van der Waals surface area contributed by atoms with Crippen LogP contribution in [0.2, 0.25) is 0 Å². The van der Waals surface area contributed by atoms with Gasteiger partial charge in [-0.15, -0.1) is 5.10 Å². The fourth-order valence-corrected chi connectivity index (χ4v) is 2.93. The van der Waals surface area contributed by atoms with Crippen molar-refractivity contribution in [3.05, 3.63) is 5.82 Å². The first-order valence-corrected chi connectivity index (χ1v) is 6.99. The van der Waals surface area contributed by atoms with Crippen LogP contribution in [-0.4, -0.2) is 34.8 Å². The van der Waals surface area contributed by atoms with Gasteiger partial charge in [0.15, 0.2) is 0 Å². The lowest BCUT2D eigenvalue weighted by molar-refractivity contribution is 0.270. The van der Waals surface area contributed by atoms with Crippen molar-refractivity contribution >= 4 is 5.95 Å². The van der Waals surface area contributed by atoms with Gasteiger partial charge in [-0.2, -0.15) is 4.98 Å². The minimum atomic E-state index is 0.214. The molecule has 5 nitrogen and oxygen atoms in total. The second-order valence-electron chi connectivity index (χ2n) is 6.38. The zero-order valence-electron chi connectivity index (χ0n) is 11.3. The normalized spacial score (nSPS) is 35.8. The van der Waals surface area contributed by atoms with Gasteiger partial charge in [-0.1, -0.05) is 13.8 Å². The molecule has 0 aromatic carbocycles. The van der Waals surface area contributed by atoms with Crippen molar-refractivity contribution in [1.82, 2.24) is 15.2 Å². The fourth-order valence-electron chi connectivity index (χ4n) is 2.93. The first kappa shape index (κ1) is 12.0. The van der Waals surface area contributed by atoms with Crippen LogP contribution in [0.25, 0.3) is 0 Å². The van der Waals surface area contributed by atoms with Crippen LogP contribution in [0.15, 0.2) is 0 Å². The molecule has 0 spiro atoms. The summed E-state index contributed by atoms with van der Waals surface area (Å²) in [4.78, 5) is 6.95. The summed E-state index contributed by atoms with van der Waals surface area (Å²) in [6.07, 6.45) is 3.63. The molecule has 3 N–H and O–H groups in total. The molecule has 1 aliphatic heterocycles. The number of rotatable bonds is 3. The predicted octanol–water partition coefficient (Wildman–Crippen LogP) is 1.49. The van der Waals surface area contributed by atoms with E-state index in [1.807, 2.05) is 0 Å². The third-order valence-corrected chi connectivity index (χ3v) is 4.51. The number of hydrogen-bond acceptors (Lipinski definition) is 4. The third-order valence-electron chi connectivity index (χ3n) is 4.51. The van der Waals surface area contributed by atoms with Gasteiger partial charge >= 0.3 is 0 Å². The van der Waals surface area contributed by atoms with Gasteiger partial charge in [-0.3, -0.25) is 5.10 Å². The standard InChI is InChI=1S/C13H23N5/c1-9-6-10(9)11-15-12(17-16-11)18-5-3-4-13(2,7-14)8-18/h9-10H,3-8,14H2,1-2H3,(H,15,16,17).